The molecular formula is C27H28N2O6. The molecule has 0 aliphatic carbocycles. The highest BCUT2D eigenvalue weighted by molar-refractivity contribution is 6.09. The molecular weight excluding hydrogens is 448 g/mol. The Hall–Kier alpha value is -4.20. The number of esters is 3. The van der Waals surface area contributed by atoms with Crippen LogP contribution in [-0.2, 0) is 37.0 Å². The predicted molar refractivity (Wildman–Crippen MR) is 130 cm³/mol. The molecule has 0 fully saturated rings. The summed E-state index contributed by atoms with van der Waals surface area (Å²) in [6.07, 6.45) is 1.19. The van der Waals surface area contributed by atoms with Crippen LogP contribution in [0.3, 0.4) is 0 Å². The van der Waals surface area contributed by atoms with Crippen molar-refractivity contribution in [3.8, 4) is 0 Å². The van der Waals surface area contributed by atoms with E-state index in [1.54, 1.807) is 30.5 Å². The Labute approximate surface area is 204 Å². The van der Waals surface area contributed by atoms with Gasteiger partial charge in [-0.1, -0.05) is 60.7 Å². The maximum Gasteiger partial charge on any atom is 0.355 e. The minimum absolute atomic E-state index is 0.115. The van der Waals surface area contributed by atoms with E-state index in [0.717, 1.165) is 11.1 Å². The van der Waals surface area contributed by atoms with Gasteiger partial charge in [-0.25, -0.2) is 9.79 Å². The number of hydrogen-bond acceptors (Lipinski definition) is 7. The zero-order valence-electron chi connectivity index (χ0n) is 19.8. The third kappa shape index (κ3) is 7.14. The Morgan fingerprint density at radius 1 is 0.800 bits per heavy atom. The van der Waals surface area contributed by atoms with Crippen molar-refractivity contribution in [2.45, 2.75) is 27.0 Å². The molecule has 3 aromatic rings. The van der Waals surface area contributed by atoms with Crippen molar-refractivity contribution in [2.24, 2.45) is 10.9 Å². The lowest BCUT2D eigenvalue weighted by Crippen LogP contribution is -2.29. The van der Waals surface area contributed by atoms with Gasteiger partial charge in [-0.15, -0.1) is 0 Å². The standard InChI is InChI=1S/C27H28N2O6/c1-3-33-25(30)22(26(31)34-4-2)17-28-24-16-15-23(29(24)18-20-11-7-5-8-12-20)27(32)35-19-21-13-9-6-10-14-21/h5-17,22H,3-4,18-19H2,1-2H3. The lowest BCUT2D eigenvalue weighted by Gasteiger charge is -2.13. The predicted octanol–water partition coefficient (Wildman–Crippen LogP) is 4.34. The maximum absolute atomic E-state index is 12.9. The van der Waals surface area contributed by atoms with Gasteiger partial charge in [0.25, 0.3) is 0 Å². The van der Waals surface area contributed by atoms with Crippen molar-refractivity contribution in [1.82, 2.24) is 4.57 Å². The first-order chi connectivity index (χ1) is 17.0. The van der Waals surface area contributed by atoms with E-state index in [1.807, 2.05) is 60.7 Å². The fraction of sp³-hybridized carbons (Fsp3) is 0.259. The van der Waals surface area contributed by atoms with Crippen molar-refractivity contribution in [1.29, 1.82) is 0 Å². The molecule has 3 rings (SSSR count). The summed E-state index contributed by atoms with van der Waals surface area (Å²) < 4.78 is 17.2. The number of ether oxygens (including phenoxy) is 3. The number of carbonyl (C=O) groups is 3. The summed E-state index contributed by atoms with van der Waals surface area (Å²) in [6.45, 7) is 3.99. The van der Waals surface area contributed by atoms with E-state index < -0.39 is 23.8 Å². The highest BCUT2D eigenvalue weighted by Gasteiger charge is 2.28. The lowest BCUT2D eigenvalue weighted by atomic mass is 10.2. The van der Waals surface area contributed by atoms with Gasteiger partial charge in [0.1, 0.15) is 18.1 Å². The molecule has 0 saturated heterocycles. The Bertz CT molecular complexity index is 1140. The molecule has 0 radical (unpaired) electrons. The van der Waals surface area contributed by atoms with Crippen molar-refractivity contribution >= 4 is 29.9 Å². The van der Waals surface area contributed by atoms with Crippen LogP contribution in [0.15, 0.2) is 77.8 Å². The first-order valence-corrected chi connectivity index (χ1v) is 11.4. The fourth-order valence-electron chi connectivity index (χ4n) is 3.31. The molecule has 2 aromatic carbocycles. The zero-order valence-corrected chi connectivity index (χ0v) is 19.8. The van der Waals surface area contributed by atoms with Gasteiger partial charge in [-0.05, 0) is 37.1 Å². The monoisotopic (exact) mass is 476 g/mol. The van der Waals surface area contributed by atoms with Gasteiger partial charge in [-0.3, -0.25) is 9.59 Å². The highest BCUT2D eigenvalue weighted by Crippen LogP contribution is 2.22. The second-order valence-corrected chi connectivity index (χ2v) is 7.47. The van der Waals surface area contributed by atoms with E-state index in [2.05, 4.69) is 4.99 Å². The van der Waals surface area contributed by atoms with E-state index in [4.69, 9.17) is 14.2 Å². The normalized spacial score (nSPS) is 10.9. The molecule has 0 spiro atoms. The molecule has 8 nitrogen and oxygen atoms in total. The van der Waals surface area contributed by atoms with Gasteiger partial charge in [0.2, 0.25) is 0 Å². The molecule has 8 heteroatoms. The second-order valence-electron chi connectivity index (χ2n) is 7.47. The zero-order chi connectivity index (χ0) is 25.0. The molecule has 1 aromatic heterocycles. The number of aliphatic imine (C=N–C) groups is 1. The van der Waals surface area contributed by atoms with Crippen LogP contribution in [0.25, 0.3) is 0 Å². The van der Waals surface area contributed by atoms with Crippen LogP contribution >= 0.6 is 0 Å². The van der Waals surface area contributed by atoms with Crippen LogP contribution in [0.5, 0.6) is 0 Å². The Kier molecular flexibility index (Phi) is 9.36. The largest absolute Gasteiger partial charge is 0.465 e. The summed E-state index contributed by atoms with van der Waals surface area (Å²) >= 11 is 0. The smallest absolute Gasteiger partial charge is 0.355 e. The molecule has 35 heavy (non-hydrogen) atoms. The number of nitrogens with zero attached hydrogens (tertiary/aromatic N) is 2. The van der Waals surface area contributed by atoms with Gasteiger partial charge >= 0.3 is 17.9 Å². The molecule has 0 aliphatic rings. The van der Waals surface area contributed by atoms with Gasteiger partial charge in [0, 0.05) is 12.8 Å². The maximum atomic E-state index is 12.9. The number of aromatic nitrogens is 1. The van der Waals surface area contributed by atoms with Crippen LogP contribution in [-0.4, -0.2) is 41.9 Å². The Morgan fingerprint density at radius 2 is 1.37 bits per heavy atom. The average Bonchev–Trinajstić information content (AvgIpc) is 3.26. The topological polar surface area (TPSA) is 96.2 Å². The van der Waals surface area contributed by atoms with Gasteiger partial charge < -0.3 is 18.8 Å². The molecule has 0 aliphatic heterocycles. The quantitative estimate of drug-likeness (QED) is 0.177. The SMILES string of the molecule is CCOC(=O)C(C=Nc1ccc(C(=O)OCc2ccccc2)n1Cc1ccccc1)C(=O)OCC. The summed E-state index contributed by atoms with van der Waals surface area (Å²) in [5, 5.41) is 0. The van der Waals surface area contributed by atoms with Crippen LogP contribution in [0.1, 0.15) is 35.5 Å². The number of carbonyl (C=O) groups excluding carboxylic acids is 3. The van der Waals surface area contributed by atoms with Crippen molar-refractivity contribution in [2.75, 3.05) is 13.2 Å². The molecule has 0 atom stereocenters. The van der Waals surface area contributed by atoms with E-state index in [9.17, 15) is 14.4 Å². The highest BCUT2D eigenvalue weighted by atomic mass is 16.6. The summed E-state index contributed by atoms with van der Waals surface area (Å²) in [5.41, 5.74) is 2.09. The van der Waals surface area contributed by atoms with Crippen molar-refractivity contribution in [3.63, 3.8) is 0 Å². The number of benzene rings is 2. The molecule has 0 bridgehead atoms. The number of rotatable bonds is 11. The summed E-state index contributed by atoms with van der Waals surface area (Å²) in [7, 11) is 0. The van der Waals surface area contributed by atoms with Gasteiger partial charge in [0.15, 0.2) is 5.92 Å². The molecule has 1 heterocycles. The average molecular weight is 477 g/mol. The fourth-order valence-corrected chi connectivity index (χ4v) is 3.31. The van der Waals surface area contributed by atoms with Crippen LogP contribution < -0.4 is 0 Å². The first-order valence-electron chi connectivity index (χ1n) is 11.4. The van der Waals surface area contributed by atoms with Gasteiger partial charge in [-0.2, -0.15) is 0 Å². The minimum atomic E-state index is -1.32. The van der Waals surface area contributed by atoms with E-state index in [0.29, 0.717) is 18.1 Å². The summed E-state index contributed by atoms with van der Waals surface area (Å²) in [6, 6.07) is 22.2. The minimum Gasteiger partial charge on any atom is -0.465 e. The number of hydrogen-bond donors (Lipinski definition) is 0. The third-order valence-electron chi connectivity index (χ3n) is 5.00. The van der Waals surface area contributed by atoms with Crippen LogP contribution in [0.2, 0.25) is 0 Å². The Balaban J connectivity index is 1.89. The molecule has 0 unspecified atom stereocenters. The molecule has 0 N–H and O–H groups in total. The van der Waals surface area contributed by atoms with Crippen molar-refractivity contribution in [3.05, 3.63) is 89.6 Å². The molecule has 182 valence electrons. The van der Waals surface area contributed by atoms with Crippen LogP contribution in [0, 0.1) is 5.92 Å². The molecule has 0 saturated carbocycles. The third-order valence-corrected chi connectivity index (χ3v) is 5.00. The van der Waals surface area contributed by atoms with Crippen molar-refractivity contribution < 1.29 is 28.6 Å². The molecule has 0 amide bonds. The first kappa shape index (κ1) is 25.4. The second kappa shape index (κ2) is 12.9. The van der Waals surface area contributed by atoms with Crippen LogP contribution in [0.4, 0.5) is 5.82 Å². The lowest BCUT2D eigenvalue weighted by molar-refractivity contribution is -0.157. The summed E-state index contributed by atoms with van der Waals surface area (Å²) in [5.74, 6) is -2.96. The van der Waals surface area contributed by atoms with Gasteiger partial charge in [0.05, 0.1) is 13.2 Å². The Morgan fingerprint density at radius 3 is 1.94 bits per heavy atom. The van der Waals surface area contributed by atoms with E-state index in [-0.39, 0.29) is 19.8 Å². The van der Waals surface area contributed by atoms with E-state index in [1.165, 1.54) is 6.21 Å². The summed E-state index contributed by atoms with van der Waals surface area (Å²) in [4.78, 5) is 41.9. The van der Waals surface area contributed by atoms with E-state index >= 15 is 0 Å².